The lowest BCUT2D eigenvalue weighted by Crippen LogP contribution is -2.32. The molecule has 0 bridgehead atoms. The number of hydrogen-bond donors (Lipinski definition) is 0. The number of rotatable bonds is 5. The SMILES string of the molecule is c1ccc(-c2nc(-c3ccccc3)nc(-c3cccc4c3-c3ccc(-c5nc(-c6ccccc6)nc6oc7ccccc7c56)cc3C43c4ccccc4Oc4ccccc43)n2)cc1. The summed E-state index contributed by atoms with van der Waals surface area (Å²) >= 11 is 0. The first-order chi connectivity index (χ1) is 31.2. The third-order valence-electron chi connectivity index (χ3n) is 12.4. The summed E-state index contributed by atoms with van der Waals surface area (Å²) in [4.78, 5) is 25.9. The van der Waals surface area contributed by atoms with E-state index in [-0.39, 0.29) is 0 Å². The van der Waals surface area contributed by atoms with Gasteiger partial charge in [-0.1, -0.05) is 176 Å². The molecular weight excluding hydrogens is 775 g/mol. The molecule has 0 amide bonds. The van der Waals surface area contributed by atoms with Gasteiger partial charge in [-0.2, -0.15) is 4.98 Å². The van der Waals surface area contributed by atoms with Crippen molar-refractivity contribution in [3.05, 3.63) is 222 Å². The highest BCUT2D eigenvalue weighted by atomic mass is 16.5. The van der Waals surface area contributed by atoms with Crippen LogP contribution in [0.4, 0.5) is 0 Å². The molecule has 1 aliphatic heterocycles. The molecule has 13 rings (SSSR count). The number of benzene rings is 8. The summed E-state index contributed by atoms with van der Waals surface area (Å²) in [5.74, 6) is 4.02. The summed E-state index contributed by atoms with van der Waals surface area (Å²) in [6.45, 7) is 0. The highest BCUT2D eigenvalue weighted by Gasteiger charge is 2.52. The van der Waals surface area contributed by atoms with Crippen LogP contribution in [0.1, 0.15) is 22.3 Å². The van der Waals surface area contributed by atoms with Crippen LogP contribution >= 0.6 is 0 Å². The Morgan fingerprint density at radius 2 is 0.905 bits per heavy atom. The Morgan fingerprint density at radius 1 is 0.365 bits per heavy atom. The van der Waals surface area contributed by atoms with Gasteiger partial charge in [-0.05, 0) is 46.5 Å². The number of furan rings is 1. The second-order valence-corrected chi connectivity index (χ2v) is 15.9. The van der Waals surface area contributed by atoms with Gasteiger partial charge in [0.15, 0.2) is 23.3 Å². The van der Waals surface area contributed by atoms with Crippen molar-refractivity contribution in [3.63, 3.8) is 0 Å². The standard InChI is InChI=1S/C56H33N5O2/c1-4-17-34(18-5-1)51-57-50(49-39-23-10-13-28-45(39)63-55(49)61-51)37-31-32-38-44(33-37)56(41-25-11-14-29-46(41)62-47-30-15-12-26-42(47)56)43-27-16-24-40(48(38)43)54-59-52(35-19-6-2-7-20-35)58-53(60-54)36-21-8-3-9-22-36/h1-33H. The molecule has 0 fully saturated rings. The van der Waals surface area contributed by atoms with Crippen molar-refractivity contribution in [1.29, 1.82) is 0 Å². The van der Waals surface area contributed by atoms with Crippen molar-refractivity contribution in [3.8, 4) is 79.4 Å². The number of para-hydroxylation sites is 3. The van der Waals surface area contributed by atoms with Crippen LogP contribution < -0.4 is 4.74 Å². The maximum Gasteiger partial charge on any atom is 0.231 e. The lowest BCUT2D eigenvalue weighted by molar-refractivity contribution is 0.436. The van der Waals surface area contributed by atoms with Crippen LogP contribution in [0.3, 0.4) is 0 Å². The molecule has 0 N–H and O–H groups in total. The quantitative estimate of drug-likeness (QED) is 0.171. The van der Waals surface area contributed by atoms with Gasteiger partial charge in [0.05, 0.1) is 16.5 Å². The van der Waals surface area contributed by atoms with Crippen LogP contribution in [0.15, 0.2) is 205 Å². The summed E-state index contributed by atoms with van der Waals surface area (Å²) in [6.07, 6.45) is 0. The molecule has 0 radical (unpaired) electrons. The van der Waals surface area contributed by atoms with Crippen molar-refractivity contribution >= 4 is 22.1 Å². The van der Waals surface area contributed by atoms with Crippen LogP contribution in [-0.2, 0) is 5.41 Å². The van der Waals surface area contributed by atoms with Crippen LogP contribution in [0.25, 0.3) is 90.0 Å². The van der Waals surface area contributed by atoms with E-state index in [0.717, 1.165) is 94.7 Å². The Kier molecular flexibility index (Phi) is 7.68. The van der Waals surface area contributed by atoms with E-state index in [2.05, 4.69) is 78.9 Å². The Balaban J connectivity index is 1.13. The second-order valence-electron chi connectivity index (χ2n) is 15.9. The molecule has 1 spiro atoms. The largest absolute Gasteiger partial charge is 0.457 e. The van der Waals surface area contributed by atoms with E-state index in [1.54, 1.807) is 0 Å². The fourth-order valence-corrected chi connectivity index (χ4v) is 9.76. The predicted octanol–water partition coefficient (Wildman–Crippen LogP) is 13.4. The van der Waals surface area contributed by atoms with Crippen LogP contribution in [-0.4, -0.2) is 24.9 Å². The minimum absolute atomic E-state index is 0.542. The summed E-state index contributed by atoms with van der Waals surface area (Å²) < 4.78 is 13.2. The maximum absolute atomic E-state index is 6.75. The summed E-state index contributed by atoms with van der Waals surface area (Å²) in [7, 11) is 0. The molecule has 3 aromatic heterocycles. The van der Waals surface area contributed by atoms with Crippen LogP contribution in [0, 0.1) is 0 Å². The highest BCUT2D eigenvalue weighted by Crippen LogP contribution is 2.63. The van der Waals surface area contributed by atoms with Gasteiger partial charge in [0, 0.05) is 44.3 Å². The number of hydrogen-bond acceptors (Lipinski definition) is 7. The van der Waals surface area contributed by atoms with E-state index in [0.29, 0.717) is 29.0 Å². The van der Waals surface area contributed by atoms with E-state index in [9.17, 15) is 0 Å². The zero-order valence-electron chi connectivity index (χ0n) is 33.6. The second kappa shape index (κ2) is 13.7. The first-order valence-electron chi connectivity index (χ1n) is 21.0. The molecule has 4 heterocycles. The molecule has 0 saturated heterocycles. The molecule has 0 unspecified atom stereocenters. The lowest BCUT2D eigenvalue weighted by atomic mass is 9.66. The maximum atomic E-state index is 6.75. The molecule has 294 valence electrons. The molecule has 0 saturated carbocycles. The van der Waals surface area contributed by atoms with Gasteiger partial charge < -0.3 is 9.15 Å². The third kappa shape index (κ3) is 5.30. The summed E-state index contributed by atoms with van der Waals surface area (Å²) in [5.41, 5.74) is 12.4. The van der Waals surface area contributed by atoms with Crippen molar-refractivity contribution in [2.75, 3.05) is 0 Å². The Morgan fingerprint density at radius 3 is 1.56 bits per heavy atom. The Hall–Kier alpha value is -8.55. The van der Waals surface area contributed by atoms with Gasteiger partial charge in [-0.15, -0.1) is 0 Å². The van der Waals surface area contributed by atoms with Gasteiger partial charge in [0.1, 0.15) is 17.1 Å². The normalized spacial score (nSPS) is 13.0. The molecule has 11 aromatic rings. The number of nitrogens with zero attached hydrogens (tertiary/aromatic N) is 5. The van der Waals surface area contributed by atoms with Crippen LogP contribution in [0.5, 0.6) is 11.5 Å². The summed E-state index contributed by atoms with van der Waals surface area (Å²) in [5, 5.41) is 1.83. The average Bonchev–Trinajstić information content (AvgIpc) is 3.88. The fraction of sp³-hybridized carbons (Fsp3) is 0.0179. The number of ether oxygens (including phenoxy) is 1. The molecule has 8 aromatic carbocycles. The van der Waals surface area contributed by atoms with Crippen molar-refractivity contribution in [2.45, 2.75) is 5.41 Å². The van der Waals surface area contributed by atoms with Gasteiger partial charge in [-0.3, -0.25) is 0 Å². The molecule has 2 aliphatic rings. The van der Waals surface area contributed by atoms with E-state index >= 15 is 0 Å². The zero-order chi connectivity index (χ0) is 41.5. The van der Waals surface area contributed by atoms with Gasteiger partial charge in [0.2, 0.25) is 5.71 Å². The van der Waals surface area contributed by atoms with Gasteiger partial charge in [-0.25, -0.2) is 19.9 Å². The minimum Gasteiger partial charge on any atom is -0.457 e. The van der Waals surface area contributed by atoms with Gasteiger partial charge in [0.25, 0.3) is 0 Å². The molecule has 1 aliphatic carbocycles. The summed E-state index contributed by atoms with van der Waals surface area (Å²) in [6, 6.07) is 68.5. The predicted molar refractivity (Wildman–Crippen MR) is 247 cm³/mol. The number of aromatic nitrogens is 5. The van der Waals surface area contributed by atoms with E-state index < -0.39 is 5.41 Å². The highest BCUT2D eigenvalue weighted by molar-refractivity contribution is 6.11. The smallest absolute Gasteiger partial charge is 0.231 e. The van der Waals surface area contributed by atoms with Crippen molar-refractivity contribution in [1.82, 2.24) is 24.9 Å². The minimum atomic E-state index is -0.785. The molecule has 7 nitrogen and oxygen atoms in total. The monoisotopic (exact) mass is 807 g/mol. The molecule has 7 heteroatoms. The Labute approximate surface area is 362 Å². The van der Waals surface area contributed by atoms with Gasteiger partial charge >= 0.3 is 0 Å². The molecule has 63 heavy (non-hydrogen) atoms. The zero-order valence-corrected chi connectivity index (χ0v) is 33.6. The van der Waals surface area contributed by atoms with Crippen molar-refractivity contribution < 1.29 is 9.15 Å². The fourth-order valence-electron chi connectivity index (χ4n) is 9.76. The number of fused-ring (bicyclic) bond motifs is 12. The van der Waals surface area contributed by atoms with Crippen LogP contribution in [0.2, 0.25) is 0 Å². The van der Waals surface area contributed by atoms with E-state index in [1.807, 2.05) is 121 Å². The van der Waals surface area contributed by atoms with Crippen molar-refractivity contribution in [2.24, 2.45) is 0 Å². The topological polar surface area (TPSA) is 86.8 Å². The third-order valence-corrected chi connectivity index (χ3v) is 12.4. The lowest BCUT2D eigenvalue weighted by Gasteiger charge is -2.39. The van der Waals surface area contributed by atoms with E-state index in [4.69, 9.17) is 34.1 Å². The average molecular weight is 808 g/mol. The molecule has 0 atom stereocenters. The van der Waals surface area contributed by atoms with E-state index in [1.165, 1.54) is 0 Å². The molecular formula is C56H33N5O2. The Bertz CT molecular complexity index is 3500. The first-order valence-corrected chi connectivity index (χ1v) is 21.0. The first kappa shape index (κ1) is 35.2.